The number of carbonyl (C=O) groups excluding carboxylic acids is 1. The lowest BCUT2D eigenvalue weighted by molar-refractivity contribution is -0.141. The van der Waals surface area contributed by atoms with Crippen LogP contribution in [0.5, 0.6) is 0 Å². The van der Waals surface area contributed by atoms with Crippen molar-refractivity contribution in [1.29, 1.82) is 0 Å². The maximum absolute atomic E-state index is 11.5. The highest BCUT2D eigenvalue weighted by Gasteiger charge is 2.20. The number of carbonyl (C=O) groups is 1. The third-order valence-electron chi connectivity index (χ3n) is 2.97. The number of ether oxygens (including phenoxy) is 1. The van der Waals surface area contributed by atoms with E-state index in [-0.39, 0.29) is 11.9 Å². The highest BCUT2D eigenvalue weighted by molar-refractivity contribution is 5.70. The zero-order chi connectivity index (χ0) is 12.7. The van der Waals surface area contributed by atoms with Gasteiger partial charge in [0.1, 0.15) is 0 Å². The quantitative estimate of drug-likeness (QED) is 0.573. The molecule has 17 heavy (non-hydrogen) atoms. The summed E-state index contributed by atoms with van der Waals surface area (Å²) in [6.07, 6.45) is 4.57. The van der Waals surface area contributed by atoms with Crippen molar-refractivity contribution in [1.82, 2.24) is 0 Å². The molecule has 0 radical (unpaired) electrons. The van der Waals surface area contributed by atoms with E-state index in [0.717, 1.165) is 0 Å². The summed E-state index contributed by atoms with van der Waals surface area (Å²) in [6, 6.07) is 10.1. The lowest BCUT2D eigenvalue weighted by atomic mass is 9.84. The lowest BCUT2D eigenvalue weighted by Crippen LogP contribution is -2.14. The first-order valence-corrected chi connectivity index (χ1v) is 5.93. The first-order valence-electron chi connectivity index (χ1n) is 5.93. The summed E-state index contributed by atoms with van der Waals surface area (Å²) in [5, 5.41) is 0. The minimum Gasteiger partial charge on any atom is -0.469 e. The van der Waals surface area contributed by atoms with Crippen LogP contribution in [0.25, 0.3) is 0 Å². The Bertz CT molecular complexity index is 368. The van der Waals surface area contributed by atoms with Crippen molar-refractivity contribution < 1.29 is 9.53 Å². The van der Waals surface area contributed by atoms with E-state index in [1.807, 2.05) is 31.2 Å². The number of esters is 1. The number of rotatable bonds is 5. The summed E-state index contributed by atoms with van der Waals surface area (Å²) in [5.74, 6) is 0.344. The molecular formula is C15H20O2. The number of allylic oxidation sites excluding steroid dienone is 2. The zero-order valence-electron chi connectivity index (χ0n) is 10.7. The summed E-state index contributed by atoms with van der Waals surface area (Å²) < 4.78 is 4.77. The Hall–Kier alpha value is -1.57. The summed E-state index contributed by atoms with van der Waals surface area (Å²) in [7, 11) is 1.44. The van der Waals surface area contributed by atoms with Gasteiger partial charge in [-0.05, 0) is 18.4 Å². The Balaban J connectivity index is 2.90. The Morgan fingerprint density at radius 3 is 2.53 bits per heavy atom. The molecule has 0 aliphatic carbocycles. The summed E-state index contributed by atoms with van der Waals surface area (Å²) in [5.41, 5.74) is 1.18. The molecule has 2 atom stereocenters. The van der Waals surface area contributed by atoms with Crippen molar-refractivity contribution in [2.75, 3.05) is 7.11 Å². The van der Waals surface area contributed by atoms with Gasteiger partial charge in [0.15, 0.2) is 0 Å². The fourth-order valence-electron chi connectivity index (χ4n) is 2.01. The van der Waals surface area contributed by atoms with E-state index in [0.29, 0.717) is 12.3 Å². The molecule has 1 aromatic rings. The standard InChI is InChI=1S/C15H20O2/c1-4-8-12(2)14(11-15(16)17-3)13-9-6-5-7-10-13/h4-10,12,14H,11H2,1-3H3/b8-4+. The van der Waals surface area contributed by atoms with Crippen molar-refractivity contribution in [2.45, 2.75) is 26.2 Å². The molecule has 0 N–H and O–H groups in total. The molecule has 0 bridgehead atoms. The summed E-state index contributed by atoms with van der Waals surface area (Å²) in [4.78, 5) is 11.5. The smallest absolute Gasteiger partial charge is 0.306 e. The first-order chi connectivity index (χ1) is 8.19. The molecule has 0 spiro atoms. The SMILES string of the molecule is C/C=C/C(C)C(CC(=O)OC)c1ccccc1. The van der Waals surface area contributed by atoms with Crippen LogP contribution in [0.4, 0.5) is 0 Å². The molecule has 2 heteroatoms. The Labute approximate surface area is 103 Å². The van der Waals surface area contributed by atoms with E-state index in [1.165, 1.54) is 12.7 Å². The molecule has 0 saturated heterocycles. The van der Waals surface area contributed by atoms with Crippen LogP contribution >= 0.6 is 0 Å². The molecule has 0 aliphatic heterocycles. The van der Waals surface area contributed by atoms with Gasteiger partial charge in [0.2, 0.25) is 0 Å². The van der Waals surface area contributed by atoms with E-state index in [1.54, 1.807) is 0 Å². The van der Waals surface area contributed by atoms with Gasteiger partial charge in [0.25, 0.3) is 0 Å². The van der Waals surface area contributed by atoms with Gasteiger partial charge in [0, 0.05) is 5.92 Å². The number of hydrogen-bond acceptors (Lipinski definition) is 2. The third kappa shape index (κ3) is 4.06. The Morgan fingerprint density at radius 2 is 2.00 bits per heavy atom. The molecule has 2 nitrogen and oxygen atoms in total. The molecule has 0 fully saturated rings. The van der Waals surface area contributed by atoms with Gasteiger partial charge in [-0.3, -0.25) is 4.79 Å². The molecule has 0 amide bonds. The molecular weight excluding hydrogens is 212 g/mol. The predicted molar refractivity (Wildman–Crippen MR) is 69.8 cm³/mol. The molecule has 0 aromatic heterocycles. The highest BCUT2D eigenvalue weighted by atomic mass is 16.5. The van der Waals surface area contributed by atoms with Gasteiger partial charge in [-0.1, -0.05) is 49.4 Å². The number of benzene rings is 1. The third-order valence-corrected chi connectivity index (χ3v) is 2.97. The topological polar surface area (TPSA) is 26.3 Å². The molecule has 0 heterocycles. The van der Waals surface area contributed by atoms with Crippen LogP contribution in [0.1, 0.15) is 31.7 Å². The van der Waals surface area contributed by atoms with Crippen LogP contribution in [0, 0.1) is 5.92 Å². The second-order valence-corrected chi connectivity index (χ2v) is 4.18. The molecule has 0 saturated carbocycles. The summed E-state index contributed by atoms with van der Waals surface area (Å²) >= 11 is 0. The van der Waals surface area contributed by atoms with Gasteiger partial charge in [-0.15, -0.1) is 0 Å². The van der Waals surface area contributed by atoms with Gasteiger partial charge in [-0.25, -0.2) is 0 Å². The van der Waals surface area contributed by atoms with Gasteiger partial charge in [0.05, 0.1) is 13.5 Å². The van der Waals surface area contributed by atoms with Crippen LogP contribution in [-0.2, 0) is 9.53 Å². The number of methoxy groups -OCH3 is 1. The fourth-order valence-corrected chi connectivity index (χ4v) is 2.01. The monoisotopic (exact) mass is 232 g/mol. The molecule has 2 unspecified atom stereocenters. The van der Waals surface area contributed by atoms with E-state index >= 15 is 0 Å². The van der Waals surface area contributed by atoms with Crippen molar-refractivity contribution in [3.63, 3.8) is 0 Å². The second-order valence-electron chi connectivity index (χ2n) is 4.18. The highest BCUT2D eigenvalue weighted by Crippen LogP contribution is 2.29. The molecule has 1 aromatic carbocycles. The maximum atomic E-state index is 11.5. The lowest BCUT2D eigenvalue weighted by Gasteiger charge is -2.21. The minimum absolute atomic E-state index is 0.157. The minimum atomic E-state index is -0.157. The largest absolute Gasteiger partial charge is 0.469 e. The normalized spacial score (nSPS) is 14.5. The van der Waals surface area contributed by atoms with Gasteiger partial charge >= 0.3 is 5.97 Å². The molecule has 0 aliphatic rings. The van der Waals surface area contributed by atoms with E-state index in [9.17, 15) is 4.79 Å². The van der Waals surface area contributed by atoms with Crippen molar-refractivity contribution in [3.8, 4) is 0 Å². The first kappa shape index (κ1) is 13.5. The average Bonchev–Trinajstić information content (AvgIpc) is 2.36. The van der Waals surface area contributed by atoms with E-state index in [2.05, 4.69) is 25.1 Å². The van der Waals surface area contributed by atoms with Gasteiger partial charge < -0.3 is 4.74 Å². The van der Waals surface area contributed by atoms with Crippen LogP contribution in [0.2, 0.25) is 0 Å². The Kier molecular flexibility index (Phi) is 5.47. The van der Waals surface area contributed by atoms with Crippen molar-refractivity contribution in [2.24, 2.45) is 5.92 Å². The fraction of sp³-hybridized carbons (Fsp3) is 0.400. The zero-order valence-corrected chi connectivity index (χ0v) is 10.7. The van der Waals surface area contributed by atoms with E-state index < -0.39 is 0 Å². The van der Waals surface area contributed by atoms with Crippen LogP contribution in [0.3, 0.4) is 0 Å². The van der Waals surface area contributed by atoms with Crippen molar-refractivity contribution >= 4 is 5.97 Å². The van der Waals surface area contributed by atoms with Crippen LogP contribution in [0.15, 0.2) is 42.5 Å². The van der Waals surface area contributed by atoms with Crippen molar-refractivity contribution in [3.05, 3.63) is 48.0 Å². The molecule has 92 valence electrons. The maximum Gasteiger partial charge on any atom is 0.306 e. The van der Waals surface area contributed by atoms with Gasteiger partial charge in [-0.2, -0.15) is 0 Å². The van der Waals surface area contributed by atoms with Crippen LogP contribution in [-0.4, -0.2) is 13.1 Å². The predicted octanol–water partition coefficient (Wildman–Crippen LogP) is 3.55. The Morgan fingerprint density at radius 1 is 1.35 bits per heavy atom. The van der Waals surface area contributed by atoms with Crippen LogP contribution < -0.4 is 0 Å². The number of hydrogen-bond donors (Lipinski definition) is 0. The average molecular weight is 232 g/mol. The molecule has 1 rings (SSSR count). The second kappa shape index (κ2) is 6.89. The van der Waals surface area contributed by atoms with E-state index in [4.69, 9.17) is 4.74 Å². The summed E-state index contributed by atoms with van der Waals surface area (Å²) in [6.45, 7) is 4.12.